The van der Waals surface area contributed by atoms with Crippen LogP contribution in [0.2, 0.25) is 15.2 Å². The molecule has 2 aliphatic rings. The van der Waals surface area contributed by atoms with Crippen molar-refractivity contribution in [1.29, 1.82) is 0 Å². The van der Waals surface area contributed by atoms with E-state index in [1.807, 2.05) is 30.3 Å². The van der Waals surface area contributed by atoms with Crippen molar-refractivity contribution in [3.63, 3.8) is 0 Å². The first-order valence-corrected chi connectivity index (χ1v) is 14.4. The van der Waals surface area contributed by atoms with Crippen molar-refractivity contribution >= 4 is 40.6 Å². The molecule has 0 bridgehead atoms. The van der Waals surface area contributed by atoms with Gasteiger partial charge in [0.15, 0.2) is 39.5 Å². The number of alkyl halides is 6. The number of anilines is 1. The molecule has 0 spiro atoms. The molecule has 252 valence electrons. The molecule has 10 nitrogen and oxygen atoms in total. The molecule has 4 aromatic rings. The average molecular weight is 728 g/mol. The highest BCUT2D eigenvalue weighted by Crippen LogP contribution is 2.37. The van der Waals surface area contributed by atoms with Crippen LogP contribution >= 0.6 is 34.8 Å². The van der Waals surface area contributed by atoms with E-state index < -0.39 is 38.9 Å². The Labute approximate surface area is 278 Å². The molecule has 0 saturated heterocycles. The fourth-order valence-corrected chi connectivity index (χ4v) is 4.53. The lowest BCUT2D eigenvalue weighted by Crippen LogP contribution is -2.13. The molecule has 0 aliphatic carbocycles. The largest absolute Gasteiger partial charge is 0.454 e. The van der Waals surface area contributed by atoms with Crippen LogP contribution in [0.15, 0.2) is 49.1 Å². The van der Waals surface area contributed by atoms with Gasteiger partial charge in [0.25, 0.3) is 0 Å². The van der Waals surface area contributed by atoms with Crippen LogP contribution in [0.4, 0.5) is 32.2 Å². The van der Waals surface area contributed by atoms with Gasteiger partial charge in [-0.2, -0.15) is 26.3 Å². The predicted octanol–water partition coefficient (Wildman–Crippen LogP) is 7.25. The normalized spacial score (nSPS) is 12.9. The van der Waals surface area contributed by atoms with Gasteiger partial charge >= 0.3 is 12.4 Å². The first kappa shape index (κ1) is 35.9. The van der Waals surface area contributed by atoms with E-state index in [2.05, 4.69) is 25.3 Å². The summed E-state index contributed by atoms with van der Waals surface area (Å²) >= 11 is 16.1. The topological polar surface area (TPSA) is 127 Å². The molecule has 47 heavy (non-hydrogen) atoms. The van der Waals surface area contributed by atoms with Crippen molar-refractivity contribution in [3.05, 3.63) is 86.8 Å². The summed E-state index contributed by atoms with van der Waals surface area (Å²) in [6, 6.07) is 11.4. The third-order valence-electron chi connectivity index (χ3n) is 6.09. The molecule has 0 amide bonds. The van der Waals surface area contributed by atoms with Crippen LogP contribution in [0.3, 0.4) is 0 Å². The fourth-order valence-electron chi connectivity index (χ4n) is 3.92. The summed E-state index contributed by atoms with van der Waals surface area (Å²) in [6.07, 6.45) is -6.24. The Kier molecular flexibility index (Phi) is 12.0. The summed E-state index contributed by atoms with van der Waals surface area (Å²) in [4.78, 5) is 13.2. The maximum absolute atomic E-state index is 12.7. The minimum Gasteiger partial charge on any atom is -0.454 e. The number of ether oxygens (including phenoxy) is 4. The third-order valence-corrected chi connectivity index (χ3v) is 7.19. The smallest absolute Gasteiger partial charge is 0.435 e. The second-order valence-electron chi connectivity index (χ2n) is 9.30. The Morgan fingerprint density at radius 2 is 1.15 bits per heavy atom. The fraction of sp³-hybridized carbons (Fsp3) is 0.286. The summed E-state index contributed by atoms with van der Waals surface area (Å²) in [5.74, 6) is 2.95. The van der Waals surface area contributed by atoms with Gasteiger partial charge in [0.2, 0.25) is 13.6 Å². The van der Waals surface area contributed by atoms with Crippen LogP contribution < -0.4 is 30.0 Å². The Bertz CT molecular complexity index is 1680. The summed E-state index contributed by atoms with van der Waals surface area (Å²) in [7, 11) is 0. The van der Waals surface area contributed by atoms with Gasteiger partial charge in [-0.1, -0.05) is 46.9 Å². The van der Waals surface area contributed by atoms with Gasteiger partial charge in [0.05, 0.1) is 0 Å². The van der Waals surface area contributed by atoms with Gasteiger partial charge in [-0.3, -0.25) is 0 Å². The Balaban J connectivity index is 0.000000176. The van der Waals surface area contributed by atoms with E-state index in [9.17, 15) is 26.3 Å². The molecule has 2 aliphatic heterocycles. The number of nitrogens with one attached hydrogen (secondary N) is 1. The molecular formula is C28H23Cl3F6N6O4. The minimum atomic E-state index is -4.62. The van der Waals surface area contributed by atoms with Crippen molar-refractivity contribution < 1.29 is 45.3 Å². The van der Waals surface area contributed by atoms with Crippen LogP contribution in [-0.4, -0.2) is 46.6 Å². The minimum absolute atomic E-state index is 0.0465. The number of aromatic nitrogens is 4. The number of nitrogens with two attached hydrogens (primary N) is 1. The number of nitrogens with zero attached hydrogens (tertiary/aromatic N) is 4. The molecule has 19 heteroatoms. The molecule has 2 aromatic heterocycles. The van der Waals surface area contributed by atoms with Gasteiger partial charge in [-0.15, -0.1) is 0 Å². The van der Waals surface area contributed by atoms with Crippen molar-refractivity contribution in [2.45, 2.75) is 25.2 Å². The Hall–Kier alpha value is -3.99. The molecule has 0 saturated carbocycles. The highest BCUT2D eigenvalue weighted by atomic mass is 35.5. The highest BCUT2D eigenvalue weighted by molar-refractivity contribution is 6.41. The standard InChI is InChI=1S/C14H11ClF3N3O2.C9H11NO2.C5HCl2F3N2/c15-11-12(14(16,17)18)20-6-21-13(11)19-4-3-8-1-2-9-10(5-8)23-7-22-9;10-4-3-7-1-2-8-9(5-7)12-6-11-8;6-2-3(5(8,9)10)11-1-12-4(2)7/h1-2,5-6H,3-4,7H2,(H,19,20,21);1-2,5H,3-4,6,10H2;1H. The maximum atomic E-state index is 12.7. The number of hydrogen-bond acceptors (Lipinski definition) is 10. The first-order chi connectivity index (χ1) is 22.3. The zero-order valence-electron chi connectivity index (χ0n) is 23.8. The van der Waals surface area contributed by atoms with Crippen LogP contribution in [-0.2, 0) is 25.2 Å². The lowest BCUT2D eigenvalue weighted by molar-refractivity contribution is -0.141. The Morgan fingerprint density at radius 3 is 1.66 bits per heavy atom. The summed E-state index contributed by atoms with van der Waals surface area (Å²) < 4.78 is 95.0. The molecule has 0 atom stereocenters. The van der Waals surface area contributed by atoms with E-state index in [1.165, 1.54) is 5.56 Å². The van der Waals surface area contributed by atoms with Gasteiger partial charge in [0, 0.05) is 6.54 Å². The second kappa shape index (κ2) is 15.7. The van der Waals surface area contributed by atoms with E-state index in [0.29, 0.717) is 44.1 Å². The van der Waals surface area contributed by atoms with Crippen molar-refractivity contribution in [1.82, 2.24) is 19.9 Å². The molecule has 3 N–H and O–H groups in total. The summed E-state index contributed by atoms with van der Waals surface area (Å²) in [5, 5.41) is 1.17. The summed E-state index contributed by atoms with van der Waals surface area (Å²) in [6.45, 7) is 1.54. The molecule has 4 heterocycles. The van der Waals surface area contributed by atoms with Gasteiger partial charge in [-0.25, -0.2) is 19.9 Å². The van der Waals surface area contributed by atoms with Gasteiger partial charge in [0.1, 0.15) is 28.5 Å². The SMILES string of the molecule is FC(F)(F)c1ncnc(Cl)c1Cl.FC(F)(F)c1ncnc(NCCc2ccc3c(c2)OCO3)c1Cl.NCCc1ccc2c(c1)OCO2. The number of fused-ring (bicyclic) bond motifs is 2. The molecule has 0 fully saturated rings. The number of halogens is 9. The van der Waals surface area contributed by atoms with Crippen molar-refractivity contribution in [2.24, 2.45) is 5.73 Å². The van der Waals surface area contributed by atoms with Crippen molar-refractivity contribution in [2.75, 3.05) is 32.0 Å². The number of benzene rings is 2. The third kappa shape index (κ3) is 9.76. The van der Waals surface area contributed by atoms with Crippen LogP contribution in [0.25, 0.3) is 0 Å². The van der Waals surface area contributed by atoms with Crippen LogP contribution in [0.1, 0.15) is 22.5 Å². The molecule has 6 rings (SSSR count). The predicted molar refractivity (Wildman–Crippen MR) is 159 cm³/mol. The molecule has 0 radical (unpaired) electrons. The molecule has 2 aromatic carbocycles. The maximum Gasteiger partial charge on any atom is 0.435 e. The van der Waals surface area contributed by atoms with E-state index in [-0.39, 0.29) is 12.6 Å². The van der Waals surface area contributed by atoms with Crippen LogP contribution in [0.5, 0.6) is 23.0 Å². The first-order valence-electron chi connectivity index (χ1n) is 13.3. The lowest BCUT2D eigenvalue weighted by atomic mass is 10.1. The zero-order chi connectivity index (χ0) is 34.2. The quantitative estimate of drug-likeness (QED) is 0.155. The average Bonchev–Trinajstić information content (AvgIpc) is 3.68. The number of hydrogen-bond donors (Lipinski definition) is 2. The molecule has 0 unspecified atom stereocenters. The van der Waals surface area contributed by atoms with Gasteiger partial charge < -0.3 is 30.0 Å². The van der Waals surface area contributed by atoms with E-state index >= 15 is 0 Å². The zero-order valence-corrected chi connectivity index (χ0v) is 26.0. The second-order valence-corrected chi connectivity index (χ2v) is 10.4. The van der Waals surface area contributed by atoms with E-state index in [4.69, 9.17) is 59.5 Å². The van der Waals surface area contributed by atoms with Crippen LogP contribution in [0, 0.1) is 0 Å². The monoisotopic (exact) mass is 726 g/mol. The number of rotatable bonds is 6. The lowest BCUT2D eigenvalue weighted by Gasteiger charge is -2.12. The summed E-state index contributed by atoms with van der Waals surface area (Å²) in [5.41, 5.74) is 5.21. The van der Waals surface area contributed by atoms with E-state index in [1.54, 1.807) is 6.07 Å². The van der Waals surface area contributed by atoms with E-state index in [0.717, 1.165) is 29.8 Å². The van der Waals surface area contributed by atoms with Crippen molar-refractivity contribution in [3.8, 4) is 23.0 Å². The Morgan fingerprint density at radius 1 is 0.660 bits per heavy atom. The van der Waals surface area contributed by atoms with Gasteiger partial charge in [-0.05, 0) is 54.8 Å². The molecular weight excluding hydrogens is 705 g/mol. The highest BCUT2D eigenvalue weighted by Gasteiger charge is 2.37.